The predicted molar refractivity (Wildman–Crippen MR) is 82.3 cm³/mol. The molecule has 1 aliphatic heterocycles. The van der Waals surface area contributed by atoms with Gasteiger partial charge in [-0.25, -0.2) is 0 Å². The standard InChI is InChI=1S/C16H20ClNO3/c1-2-14(17)15(16(19)18-8-10-20-11-9-18)21-12-13-6-4-3-5-7-13/h2-7,14-15H,1,8-12H2/t14-,15-/m1/s1. The molecule has 0 aliphatic carbocycles. The minimum atomic E-state index is -0.720. The number of amides is 1. The summed E-state index contributed by atoms with van der Waals surface area (Å²) in [6.07, 6.45) is 0.817. The smallest absolute Gasteiger partial charge is 0.253 e. The lowest BCUT2D eigenvalue weighted by atomic mass is 10.2. The summed E-state index contributed by atoms with van der Waals surface area (Å²) in [5.41, 5.74) is 1.00. The van der Waals surface area contributed by atoms with E-state index in [-0.39, 0.29) is 5.91 Å². The summed E-state index contributed by atoms with van der Waals surface area (Å²) in [4.78, 5) is 14.3. The number of rotatable bonds is 6. The Morgan fingerprint density at radius 2 is 2.05 bits per heavy atom. The van der Waals surface area contributed by atoms with Gasteiger partial charge in [0.05, 0.1) is 25.2 Å². The van der Waals surface area contributed by atoms with Gasteiger partial charge in [-0.1, -0.05) is 36.4 Å². The summed E-state index contributed by atoms with van der Waals surface area (Å²) >= 11 is 6.19. The maximum absolute atomic E-state index is 12.5. The van der Waals surface area contributed by atoms with E-state index in [1.54, 1.807) is 4.90 Å². The number of alkyl halides is 1. The van der Waals surface area contributed by atoms with Gasteiger partial charge in [0.25, 0.3) is 5.91 Å². The van der Waals surface area contributed by atoms with Crippen LogP contribution in [0.2, 0.25) is 0 Å². The first-order chi connectivity index (χ1) is 10.2. The Balaban J connectivity index is 1.99. The van der Waals surface area contributed by atoms with Crippen LogP contribution in [0.25, 0.3) is 0 Å². The summed E-state index contributed by atoms with van der Waals surface area (Å²) in [7, 11) is 0. The van der Waals surface area contributed by atoms with Crippen molar-refractivity contribution in [1.82, 2.24) is 4.90 Å². The number of carbonyl (C=O) groups excluding carboxylic acids is 1. The molecular weight excluding hydrogens is 290 g/mol. The minimum absolute atomic E-state index is 0.103. The molecule has 0 aromatic heterocycles. The van der Waals surface area contributed by atoms with Gasteiger partial charge in [-0.3, -0.25) is 4.79 Å². The summed E-state index contributed by atoms with van der Waals surface area (Å²) in [6, 6.07) is 9.71. The fraction of sp³-hybridized carbons (Fsp3) is 0.438. The van der Waals surface area contributed by atoms with E-state index in [9.17, 15) is 4.79 Å². The van der Waals surface area contributed by atoms with Crippen molar-refractivity contribution in [3.63, 3.8) is 0 Å². The lowest BCUT2D eigenvalue weighted by molar-refractivity contribution is -0.148. The highest BCUT2D eigenvalue weighted by Gasteiger charge is 2.31. The quantitative estimate of drug-likeness (QED) is 0.597. The number of morpholine rings is 1. The van der Waals surface area contributed by atoms with E-state index >= 15 is 0 Å². The topological polar surface area (TPSA) is 38.8 Å². The number of benzene rings is 1. The Labute approximate surface area is 130 Å². The first kappa shape index (κ1) is 16.0. The molecule has 1 saturated heterocycles. The second-order valence-electron chi connectivity index (χ2n) is 4.83. The maximum Gasteiger partial charge on any atom is 0.253 e. The van der Waals surface area contributed by atoms with Gasteiger partial charge in [-0.15, -0.1) is 18.2 Å². The van der Waals surface area contributed by atoms with Crippen molar-refractivity contribution >= 4 is 17.5 Å². The summed E-state index contributed by atoms with van der Waals surface area (Å²) < 4.78 is 11.0. The molecule has 0 N–H and O–H groups in total. The van der Waals surface area contributed by atoms with E-state index in [0.717, 1.165) is 5.56 Å². The third-order valence-corrected chi connectivity index (χ3v) is 3.76. The molecule has 21 heavy (non-hydrogen) atoms. The summed E-state index contributed by atoms with van der Waals surface area (Å²) in [5, 5.41) is -0.552. The molecule has 1 aromatic carbocycles. The number of halogens is 1. The fourth-order valence-corrected chi connectivity index (χ4v) is 2.33. The van der Waals surface area contributed by atoms with Crippen molar-refractivity contribution in [2.24, 2.45) is 0 Å². The van der Waals surface area contributed by atoms with Gasteiger partial charge in [0, 0.05) is 13.1 Å². The predicted octanol–water partition coefficient (Wildman–Crippen LogP) is 2.22. The molecule has 1 amide bonds. The van der Waals surface area contributed by atoms with Crippen LogP contribution in [0.15, 0.2) is 43.0 Å². The van der Waals surface area contributed by atoms with Crippen LogP contribution in [0.1, 0.15) is 5.56 Å². The van der Waals surface area contributed by atoms with E-state index in [2.05, 4.69) is 6.58 Å². The van der Waals surface area contributed by atoms with Crippen LogP contribution in [0.3, 0.4) is 0 Å². The zero-order chi connectivity index (χ0) is 15.1. The van der Waals surface area contributed by atoms with Crippen molar-refractivity contribution in [3.8, 4) is 0 Å². The molecule has 1 fully saturated rings. The number of hydrogen-bond donors (Lipinski definition) is 0. The van der Waals surface area contributed by atoms with E-state index in [4.69, 9.17) is 21.1 Å². The number of carbonyl (C=O) groups is 1. The van der Waals surface area contributed by atoms with Crippen LogP contribution in [0.4, 0.5) is 0 Å². The van der Waals surface area contributed by atoms with Crippen molar-refractivity contribution in [3.05, 3.63) is 48.6 Å². The van der Waals surface area contributed by atoms with Crippen LogP contribution in [0, 0.1) is 0 Å². The molecule has 0 unspecified atom stereocenters. The first-order valence-corrected chi connectivity index (χ1v) is 7.44. The fourth-order valence-electron chi connectivity index (χ4n) is 2.15. The highest BCUT2D eigenvalue weighted by molar-refractivity contribution is 6.23. The Kier molecular flexibility index (Phi) is 6.23. The van der Waals surface area contributed by atoms with Gasteiger partial charge < -0.3 is 14.4 Å². The molecule has 1 heterocycles. The van der Waals surface area contributed by atoms with Crippen LogP contribution < -0.4 is 0 Å². The molecule has 0 radical (unpaired) electrons. The molecule has 1 aromatic rings. The first-order valence-electron chi connectivity index (χ1n) is 7.01. The van der Waals surface area contributed by atoms with Crippen LogP contribution in [-0.2, 0) is 20.9 Å². The number of ether oxygens (including phenoxy) is 2. The van der Waals surface area contributed by atoms with Gasteiger partial charge in [0.2, 0.25) is 0 Å². The van der Waals surface area contributed by atoms with Crippen molar-refractivity contribution < 1.29 is 14.3 Å². The Morgan fingerprint density at radius 3 is 2.67 bits per heavy atom. The van der Waals surface area contributed by atoms with Crippen molar-refractivity contribution in [2.75, 3.05) is 26.3 Å². The van der Waals surface area contributed by atoms with E-state index in [0.29, 0.717) is 32.9 Å². The monoisotopic (exact) mass is 309 g/mol. The number of hydrogen-bond acceptors (Lipinski definition) is 3. The minimum Gasteiger partial charge on any atom is -0.378 e. The number of nitrogens with zero attached hydrogens (tertiary/aromatic N) is 1. The van der Waals surface area contributed by atoms with E-state index in [1.165, 1.54) is 6.08 Å². The largest absolute Gasteiger partial charge is 0.378 e. The van der Waals surface area contributed by atoms with Gasteiger partial charge in [0.15, 0.2) is 6.10 Å². The van der Waals surface area contributed by atoms with Gasteiger partial charge >= 0.3 is 0 Å². The molecule has 0 saturated carbocycles. The molecule has 0 bridgehead atoms. The highest BCUT2D eigenvalue weighted by Crippen LogP contribution is 2.15. The Morgan fingerprint density at radius 1 is 1.38 bits per heavy atom. The zero-order valence-corrected chi connectivity index (χ0v) is 12.7. The van der Waals surface area contributed by atoms with Gasteiger partial charge in [-0.05, 0) is 5.56 Å². The van der Waals surface area contributed by atoms with E-state index in [1.807, 2.05) is 30.3 Å². The van der Waals surface area contributed by atoms with Crippen molar-refractivity contribution in [1.29, 1.82) is 0 Å². The molecule has 1 aliphatic rings. The van der Waals surface area contributed by atoms with Gasteiger partial charge in [0.1, 0.15) is 0 Å². The molecule has 5 heteroatoms. The van der Waals surface area contributed by atoms with Crippen LogP contribution in [-0.4, -0.2) is 48.6 Å². The molecule has 0 spiro atoms. The molecular formula is C16H20ClNO3. The average molecular weight is 310 g/mol. The van der Waals surface area contributed by atoms with Gasteiger partial charge in [-0.2, -0.15) is 0 Å². The molecule has 2 rings (SSSR count). The normalized spacial score (nSPS) is 18.0. The highest BCUT2D eigenvalue weighted by atomic mass is 35.5. The van der Waals surface area contributed by atoms with Crippen LogP contribution in [0.5, 0.6) is 0 Å². The van der Waals surface area contributed by atoms with Crippen LogP contribution >= 0.6 is 11.6 Å². The summed E-state index contributed by atoms with van der Waals surface area (Å²) in [6.45, 7) is 6.26. The second-order valence-corrected chi connectivity index (χ2v) is 5.34. The molecule has 4 nitrogen and oxygen atoms in total. The SMILES string of the molecule is C=C[C@@H](Cl)[C@@H](OCc1ccccc1)C(=O)N1CCOCC1. The lowest BCUT2D eigenvalue weighted by Crippen LogP contribution is -2.48. The Hall–Kier alpha value is -1.36. The van der Waals surface area contributed by atoms with Crippen molar-refractivity contribution in [2.45, 2.75) is 18.1 Å². The average Bonchev–Trinajstić information content (AvgIpc) is 2.56. The Bertz CT molecular complexity index is 460. The third-order valence-electron chi connectivity index (χ3n) is 3.35. The molecule has 2 atom stereocenters. The summed E-state index contributed by atoms with van der Waals surface area (Å²) in [5.74, 6) is -0.103. The third kappa shape index (κ3) is 4.56. The zero-order valence-electron chi connectivity index (χ0n) is 11.9. The van der Waals surface area contributed by atoms with E-state index < -0.39 is 11.5 Å². The lowest BCUT2D eigenvalue weighted by Gasteiger charge is -2.31. The second kappa shape index (κ2) is 8.17. The maximum atomic E-state index is 12.5. The molecule has 114 valence electrons.